The van der Waals surface area contributed by atoms with Crippen LogP contribution in [0.2, 0.25) is 0 Å². The first kappa shape index (κ1) is 22.9. The van der Waals surface area contributed by atoms with Gasteiger partial charge in [0.25, 0.3) is 10.0 Å². The van der Waals surface area contributed by atoms with Crippen LogP contribution < -0.4 is 21.1 Å². The highest BCUT2D eigenvalue weighted by atomic mass is 79.9. The number of aromatic nitrogens is 2. The van der Waals surface area contributed by atoms with Gasteiger partial charge in [-0.05, 0) is 47.4 Å². The van der Waals surface area contributed by atoms with Crippen LogP contribution in [-0.4, -0.2) is 55.2 Å². The summed E-state index contributed by atoms with van der Waals surface area (Å²) >= 11 is 4.13. The molecule has 1 aromatic carbocycles. The van der Waals surface area contributed by atoms with E-state index in [1.54, 1.807) is 0 Å². The Morgan fingerprint density at radius 1 is 1.32 bits per heavy atom. The first-order valence-electron chi connectivity index (χ1n) is 8.44. The summed E-state index contributed by atoms with van der Waals surface area (Å²) in [6.07, 6.45) is 2.31. The van der Waals surface area contributed by atoms with E-state index in [1.165, 1.54) is 12.4 Å². The Kier molecular flexibility index (Phi) is 8.98. The van der Waals surface area contributed by atoms with E-state index in [2.05, 4.69) is 40.6 Å². The number of nitrogens with one attached hydrogen (secondary N) is 3. The van der Waals surface area contributed by atoms with Crippen LogP contribution in [0.3, 0.4) is 0 Å². The van der Waals surface area contributed by atoms with E-state index in [1.807, 2.05) is 0 Å². The zero-order valence-electron chi connectivity index (χ0n) is 14.9. The van der Waals surface area contributed by atoms with E-state index in [4.69, 9.17) is 5.73 Å². The van der Waals surface area contributed by atoms with Crippen LogP contribution in [0, 0.1) is 5.82 Å². The molecule has 9 nitrogen and oxygen atoms in total. The molecule has 0 unspecified atom stereocenters. The summed E-state index contributed by atoms with van der Waals surface area (Å²) in [7, 11) is -4.11. The summed E-state index contributed by atoms with van der Waals surface area (Å²) in [6, 6.07) is 2.34. The summed E-state index contributed by atoms with van der Waals surface area (Å²) in [6.45, 7) is 1.97. The maximum atomic E-state index is 14.4. The lowest BCUT2D eigenvalue weighted by atomic mass is 10.2. The van der Waals surface area contributed by atoms with Crippen LogP contribution in [-0.2, 0) is 10.0 Å². The van der Waals surface area contributed by atoms with Crippen LogP contribution in [0.5, 0.6) is 0 Å². The summed E-state index contributed by atoms with van der Waals surface area (Å²) < 4.78 is 45.4. The van der Waals surface area contributed by atoms with Crippen LogP contribution in [0.15, 0.2) is 27.8 Å². The van der Waals surface area contributed by atoms with Crippen molar-refractivity contribution in [1.82, 2.24) is 14.7 Å². The van der Waals surface area contributed by atoms with Gasteiger partial charge in [-0.3, -0.25) is 4.72 Å². The topological polar surface area (TPSA) is 142 Å². The molecule has 0 radical (unpaired) electrons. The molecule has 0 spiro atoms. The lowest BCUT2D eigenvalue weighted by molar-refractivity contribution is 0.179. The average Bonchev–Trinajstić information content (AvgIpc) is 3.15. The van der Waals surface area contributed by atoms with Crippen molar-refractivity contribution in [2.24, 2.45) is 5.73 Å². The smallest absolute Gasteiger partial charge is 0.266 e. The maximum absolute atomic E-state index is 14.4. The molecule has 0 bridgehead atoms. The average molecular weight is 497 g/mol. The quantitative estimate of drug-likeness (QED) is 0.277. The van der Waals surface area contributed by atoms with E-state index in [9.17, 15) is 17.9 Å². The largest absolute Gasteiger partial charge is 0.390 e. The molecule has 2 aromatic rings. The zero-order valence-corrected chi connectivity index (χ0v) is 18.1. The van der Waals surface area contributed by atoms with Crippen molar-refractivity contribution in [1.29, 1.82) is 0 Å². The highest BCUT2D eigenvalue weighted by molar-refractivity contribution is 9.10. The fraction of sp³-hybridized carbons (Fsp3) is 0.467. The van der Waals surface area contributed by atoms with E-state index in [0.717, 1.165) is 37.0 Å². The molecule has 13 heteroatoms. The van der Waals surface area contributed by atoms with Crippen LogP contribution >= 0.6 is 27.5 Å². The summed E-state index contributed by atoms with van der Waals surface area (Å²) in [4.78, 5) is 3.24. The molecule has 1 heterocycles. The Bertz CT molecular complexity index is 854. The van der Waals surface area contributed by atoms with Gasteiger partial charge in [0, 0.05) is 35.6 Å². The summed E-state index contributed by atoms with van der Waals surface area (Å²) in [5, 5.41) is 15.5. The number of hydrogen-bond acceptors (Lipinski definition) is 9. The van der Waals surface area contributed by atoms with Crippen molar-refractivity contribution in [3.05, 3.63) is 28.7 Å². The van der Waals surface area contributed by atoms with Gasteiger partial charge in [-0.2, -0.15) is 4.37 Å². The second kappa shape index (κ2) is 11.0. The number of halogens is 2. The molecule has 0 saturated carbocycles. The van der Waals surface area contributed by atoms with Crippen LogP contribution in [0.25, 0.3) is 0 Å². The number of unbranched alkanes of at least 4 members (excludes halogenated alkanes) is 1. The van der Waals surface area contributed by atoms with Crippen molar-refractivity contribution in [3.8, 4) is 0 Å². The van der Waals surface area contributed by atoms with Gasteiger partial charge in [0.05, 0.1) is 11.8 Å². The predicted molar refractivity (Wildman–Crippen MR) is 110 cm³/mol. The molecule has 28 heavy (non-hydrogen) atoms. The lowest BCUT2D eigenvalue weighted by Crippen LogP contribution is -2.33. The van der Waals surface area contributed by atoms with E-state index in [0.29, 0.717) is 23.2 Å². The normalized spacial score (nSPS) is 12.7. The number of anilines is 2. The Balaban J connectivity index is 1.87. The molecule has 2 rings (SSSR count). The van der Waals surface area contributed by atoms with Gasteiger partial charge >= 0.3 is 0 Å². The van der Waals surface area contributed by atoms with Gasteiger partial charge in [-0.15, -0.1) is 0 Å². The standard InChI is InChI=1S/C15H22BrFN6O3S2/c16-11-5-14(28(25,26)23-15-21-9-22-27-15)12(17)6-13(11)20-4-2-1-3-19-8-10(24)7-18/h5-6,9-10,19-20,24H,1-4,7-8,18H2,(H,21,22,23)/t10-/m1/s1. The molecule has 0 aliphatic heterocycles. The van der Waals surface area contributed by atoms with Crippen molar-refractivity contribution >= 4 is 48.3 Å². The molecule has 1 atom stereocenters. The molecule has 0 aliphatic rings. The fourth-order valence-electron chi connectivity index (χ4n) is 2.21. The third-order valence-electron chi connectivity index (χ3n) is 3.64. The van der Waals surface area contributed by atoms with Gasteiger partial charge in [0.2, 0.25) is 5.13 Å². The Hall–Kier alpha value is -1.38. The fourth-order valence-corrected chi connectivity index (χ4v) is 4.59. The van der Waals surface area contributed by atoms with Crippen LogP contribution in [0.1, 0.15) is 12.8 Å². The predicted octanol–water partition coefficient (Wildman–Crippen LogP) is 1.34. The van der Waals surface area contributed by atoms with Crippen molar-refractivity contribution in [2.75, 3.05) is 36.2 Å². The minimum Gasteiger partial charge on any atom is -0.390 e. The second-order valence-corrected chi connectivity index (χ2v) is 9.13. The number of sulfonamides is 1. The third-order valence-corrected chi connectivity index (χ3v) is 6.36. The SMILES string of the molecule is NC[C@@H](O)CNCCCCNc1cc(F)c(S(=O)(=O)Nc2ncns2)cc1Br. The number of nitrogens with zero attached hydrogens (tertiary/aromatic N) is 2. The number of benzene rings is 1. The third kappa shape index (κ3) is 6.90. The molecule has 1 aromatic heterocycles. The van der Waals surface area contributed by atoms with E-state index < -0.39 is 26.8 Å². The van der Waals surface area contributed by atoms with Crippen LogP contribution in [0.4, 0.5) is 15.2 Å². The van der Waals surface area contributed by atoms with Gasteiger partial charge in [0.15, 0.2) is 0 Å². The molecule has 0 aliphatic carbocycles. The Labute approximate surface area is 175 Å². The first-order valence-corrected chi connectivity index (χ1v) is 11.5. The molecular weight excluding hydrogens is 475 g/mol. The highest BCUT2D eigenvalue weighted by Gasteiger charge is 2.22. The molecule has 0 fully saturated rings. The summed E-state index contributed by atoms with van der Waals surface area (Å²) in [5.41, 5.74) is 5.77. The molecule has 0 saturated heterocycles. The maximum Gasteiger partial charge on any atom is 0.266 e. The Morgan fingerprint density at radius 2 is 2.07 bits per heavy atom. The highest BCUT2D eigenvalue weighted by Crippen LogP contribution is 2.29. The molecular formula is C15H22BrFN6O3S2. The van der Waals surface area contributed by atoms with Gasteiger partial charge in [-0.1, -0.05) is 0 Å². The monoisotopic (exact) mass is 496 g/mol. The molecule has 0 amide bonds. The molecule has 156 valence electrons. The Morgan fingerprint density at radius 3 is 2.75 bits per heavy atom. The number of hydrogen-bond donors (Lipinski definition) is 5. The first-order chi connectivity index (χ1) is 13.3. The van der Waals surface area contributed by atoms with Gasteiger partial charge in [-0.25, -0.2) is 17.8 Å². The second-order valence-electron chi connectivity index (χ2n) is 5.84. The number of aliphatic hydroxyl groups is 1. The van der Waals surface area contributed by atoms with E-state index >= 15 is 0 Å². The number of rotatable bonds is 12. The van der Waals surface area contributed by atoms with Crippen molar-refractivity contribution < 1.29 is 17.9 Å². The van der Waals surface area contributed by atoms with Gasteiger partial charge < -0.3 is 21.5 Å². The van der Waals surface area contributed by atoms with Crippen molar-refractivity contribution in [3.63, 3.8) is 0 Å². The van der Waals surface area contributed by atoms with E-state index in [-0.39, 0.29) is 11.7 Å². The minimum atomic E-state index is -4.11. The zero-order chi connectivity index (χ0) is 20.6. The molecule has 6 N–H and O–H groups in total. The van der Waals surface area contributed by atoms with Gasteiger partial charge in [0.1, 0.15) is 17.0 Å². The lowest BCUT2D eigenvalue weighted by Gasteiger charge is -2.12. The number of nitrogens with two attached hydrogens (primary N) is 1. The minimum absolute atomic E-state index is 0.0605. The van der Waals surface area contributed by atoms with Crippen molar-refractivity contribution in [2.45, 2.75) is 23.8 Å². The summed E-state index contributed by atoms with van der Waals surface area (Å²) in [5.74, 6) is -0.875. The number of aliphatic hydroxyl groups excluding tert-OH is 1.